The number of carbonyl (C=O) groups excluding carboxylic acids is 1. The monoisotopic (exact) mass is 607 g/mol. The van der Waals surface area contributed by atoms with E-state index in [2.05, 4.69) is 35.6 Å². The summed E-state index contributed by atoms with van der Waals surface area (Å²) in [6.07, 6.45) is -1.79. The SMILES string of the molecule is CC.CC.CC(=O)Cc1csc(-c2cnn(C(C)(C)C)c2-c2ccc(F)cc2)n1.CCc1cccc(OC(F)(F)F)c1. The van der Waals surface area contributed by atoms with Gasteiger partial charge in [0.25, 0.3) is 0 Å². The van der Waals surface area contributed by atoms with Gasteiger partial charge in [-0.05, 0) is 76.1 Å². The molecule has 0 N–H and O–H groups in total. The number of alkyl halides is 3. The van der Waals surface area contributed by atoms with Gasteiger partial charge in [0.05, 0.1) is 28.7 Å². The molecular weight excluding hydrogens is 566 g/mol. The Balaban J connectivity index is 0.000000438. The Morgan fingerprint density at radius 1 is 1.00 bits per heavy atom. The maximum absolute atomic E-state index is 13.3. The minimum Gasteiger partial charge on any atom is -0.406 e. The molecule has 0 fully saturated rings. The molecule has 2 aromatic heterocycles. The lowest BCUT2D eigenvalue weighted by Gasteiger charge is -2.23. The summed E-state index contributed by atoms with van der Waals surface area (Å²) in [6, 6.07) is 12.4. The third-order valence-corrected chi connectivity index (χ3v) is 6.20. The Kier molecular flexibility index (Phi) is 14.6. The van der Waals surface area contributed by atoms with Crippen LogP contribution in [0.2, 0.25) is 0 Å². The maximum Gasteiger partial charge on any atom is 0.573 e. The molecule has 4 rings (SSSR count). The molecule has 0 radical (unpaired) electrons. The molecule has 10 heteroatoms. The smallest absolute Gasteiger partial charge is 0.406 e. The summed E-state index contributed by atoms with van der Waals surface area (Å²) < 4.78 is 54.3. The van der Waals surface area contributed by atoms with Crippen LogP contribution in [0.1, 0.15) is 73.6 Å². The van der Waals surface area contributed by atoms with E-state index in [-0.39, 0.29) is 22.9 Å². The fourth-order valence-electron chi connectivity index (χ4n) is 3.63. The van der Waals surface area contributed by atoms with Gasteiger partial charge in [-0.2, -0.15) is 5.10 Å². The fraction of sp³-hybridized carbons (Fsp3) is 0.406. The van der Waals surface area contributed by atoms with E-state index in [1.165, 1.54) is 35.6 Å². The Hall–Kier alpha value is -3.53. The molecule has 0 unspecified atom stereocenters. The van der Waals surface area contributed by atoms with Gasteiger partial charge in [-0.25, -0.2) is 9.37 Å². The van der Waals surface area contributed by atoms with Crippen molar-refractivity contribution >= 4 is 17.1 Å². The minimum absolute atomic E-state index is 0.0843. The second kappa shape index (κ2) is 16.8. The number of rotatable bonds is 6. The van der Waals surface area contributed by atoms with Crippen LogP contribution >= 0.6 is 11.3 Å². The number of ether oxygens (including phenoxy) is 1. The molecule has 0 atom stereocenters. The van der Waals surface area contributed by atoms with E-state index in [4.69, 9.17) is 0 Å². The van der Waals surface area contributed by atoms with Crippen molar-refractivity contribution < 1.29 is 27.1 Å². The van der Waals surface area contributed by atoms with Crippen LogP contribution < -0.4 is 4.74 Å². The molecule has 0 aliphatic heterocycles. The first-order valence-corrected chi connectivity index (χ1v) is 14.8. The van der Waals surface area contributed by atoms with Gasteiger partial charge < -0.3 is 4.74 Å². The van der Waals surface area contributed by atoms with Crippen LogP contribution in [0.3, 0.4) is 0 Å². The van der Waals surface area contributed by atoms with Crippen molar-refractivity contribution in [1.82, 2.24) is 14.8 Å². The molecule has 0 saturated carbocycles. The lowest BCUT2D eigenvalue weighted by Crippen LogP contribution is -2.24. The van der Waals surface area contributed by atoms with Gasteiger partial charge in [-0.1, -0.05) is 46.8 Å². The van der Waals surface area contributed by atoms with E-state index >= 15 is 0 Å². The summed E-state index contributed by atoms with van der Waals surface area (Å²) in [7, 11) is 0. The number of aryl methyl sites for hydroxylation is 1. The zero-order valence-electron chi connectivity index (χ0n) is 25.8. The molecule has 230 valence electrons. The predicted octanol–water partition coefficient (Wildman–Crippen LogP) is 9.90. The third kappa shape index (κ3) is 11.4. The van der Waals surface area contributed by atoms with Crippen LogP contribution in [-0.2, 0) is 23.2 Å². The average molecular weight is 608 g/mol. The van der Waals surface area contributed by atoms with Crippen LogP contribution in [0.25, 0.3) is 21.8 Å². The summed E-state index contributed by atoms with van der Waals surface area (Å²) in [4.78, 5) is 15.9. The van der Waals surface area contributed by atoms with Crippen molar-refractivity contribution in [2.45, 2.75) is 87.1 Å². The van der Waals surface area contributed by atoms with E-state index in [9.17, 15) is 22.4 Å². The molecule has 5 nitrogen and oxygen atoms in total. The highest BCUT2D eigenvalue weighted by Crippen LogP contribution is 2.36. The lowest BCUT2D eigenvalue weighted by atomic mass is 10.0. The normalized spacial score (nSPS) is 10.8. The van der Waals surface area contributed by atoms with E-state index in [0.717, 1.165) is 33.1 Å². The standard InChI is InChI=1S/C19H20FN3OS.C9H9F3O.2C2H6/c1-12(24)9-15-11-25-18(22-15)16-10-21-23(19(2,3)4)17(16)13-5-7-14(20)8-6-13;1-2-7-4-3-5-8(6-7)13-9(10,11)12;2*1-2/h5-8,10-11H,9H2,1-4H3;3-6H,2H2,1H3;2*1-2H3. The van der Waals surface area contributed by atoms with Crippen LogP contribution in [0.5, 0.6) is 5.75 Å². The largest absolute Gasteiger partial charge is 0.573 e. The highest BCUT2D eigenvalue weighted by atomic mass is 32.1. The van der Waals surface area contributed by atoms with Crippen molar-refractivity contribution in [1.29, 1.82) is 0 Å². The number of nitrogens with zero attached hydrogens (tertiary/aromatic N) is 3. The van der Waals surface area contributed by atoms with Gasteiger partial charge >= 0.3 is 6.36 Å². The fourth-order valence-corrected chi connectivity index (χ4v) is 4.46. The van der Waals surface area contributed by atoms with Crippen molar-refractivity contribution in [2.75, 3.05) is 0 Å². The summed E-state index contributed by atoms with van der Waals surface area (Å²) >= 11 is 1.49. The second-order valence-electron chi connectivity index (χ2n) is 9.57. The second-order valence-corrected chi connectivity index (χ2v) is 10.4. The summed E-state index contributed by atoms with van der Waals surface area (Å²) in [6.45, 7) is 17.6. The van der Waals surface area contributed by atoms with Crippen molar-refractivity contribution in [2.24, 2.45) is 0 Å². The van der Waals surface area contributed by atoms with Gasteiger partial charge in [0.1, 0.15) is 22.4 Å². The van der Waals surface area contributed by atoms with Gasteiger partial charge in [-0.3, -0.25) is 9.48 Å². The number of hydrogen-bond acceptors (Lipinski definition) is 5. The van der Waals surface area contributed by atoms with Crippen LogP contribution in [0, 0.1) is 5.82 Å². The zero-order chi connectivity index (χ0) is 32.1. The van der Waals surface area contributed by atoms with Crippen molar-refractivity contribution in [3.63, 3.8) is 0 Å². The van der Waals surface area contributed by atoms with E-state index < -0.39 is 6.36 Å². The molecule has 0 bridgehead atoms. The zero-order valence-corrected chi connectivity index (χ0v) is 26.6. The van der Waals surface area contributed by atoms with Crippen LogP contribution in [0.15, 0.2) is 60.1 Å². The number of thiazole rings is 1. The van der Waals surface area contributed by atoms with E-state index in [1.54, 1.807) is 37.4 Å². The summed E-state index contributed by atoms with van der Waals surface area (Å²) in [5, 5.41) is 7.27. The van der Waals surface area contributed by atoms with Crippen LogP contribution in [0.4, 0.5) is 17.6 Å². The first-order valence-electron chi connectivity index (χ1n) is 13.9. The molecule has 2 aromatic carbocycles. The maximum atomic E-state index is 13.3. The first kappa shape index (κ1) is 36.5. The van der Waals surface area contributed by atoms with Crippen LogP contribution in [-0.4, -0.2) is 26.9 Å². The molecule has 2 heterocycles. The number of carbonyl (C=O) groups is 1. The molecule has 42 heavy (non-hydrogen) atoms. The molecule has 0 aliphatic rings. The Morgan fingerprint density at radius 2 is 1.62 bits per heavy atom. The molecule has 0 amide bonds. The Morgan fingerprint density at radius 3 is 2.14 bits per heavy atom. The minimum atomic E-state index is -4.60. The predicted molar refractivity (Wildman–Crippen MR) is 163 cm³/mol. The third-order valence-electron chi connectivity index (χ3n) is 5.27. The number of ketones is 1. The molecule has 0 saturated heterocycles. The van der Waals surface area contributed by atoms with E-state index in [0.29, 0.717) is 12.8 Å². The van der Waals surface area contributed by atoms with Crippen molar-refractivity contribution in [3.05, 3.63) is 77.2 Å². The summed E-state index contributed by atoms with van der Waals surface area (Å²) in [5.41, 5.74) is 4.02. The number of aromatic nitrogens is 3. The number of benzene rings is 2. The number of halogens is 4. The molecule has 0 aliphatic carbocycles. The highest BCUT2D eigenvalue weighted by Gasteiger charge is 2.31. The Bertz CT molecular complexity index is 1370. The van der Waals surface area contributed by atoms with Gasteiger partial charge in [0.2, 0.25) is 0 Å². The number of hydrogen-bond donors (Lipinski definition) is 0. The van der Waals surface area contributed by atoms with Gasteiger partial charge in [0.15, 0.2) is 0 Å². The molecular formula is C32H41F4N3O2S. The topological polar surface area (TPSA) is 57.0 Å². The lowest BCUT2D eigenvalue weighted by molar-refractivity contribution is -0.274. The number of Topliss-reactive ketones (excluding diaryl/α,β-unsaturated/α-hetero) is 1. The Labute approximate surface area is 250 Å². The average Bonchev–Trinajstić information content (AvgIpc) is 3.58. The molecule has 0 spiro atoms. The van der Waals surface area contributed by atoms with Crippen molar-refractivity contribution in [3.8, 4) is 27.6 Å². The quantitative estimate of drug-likeness (QED) is 0.205. The van der Waals surface area contributed by atoms with E-state index in [1.807, 2.05) is 44.7 Å². The van der Waals surface area contributed by atoms with Gasteiger partial charge in [-0.15, -0.1) is 24.5 Å². The summed E-state index contributed by atoms with van der Waals surface area (Å²) in [5.74, 6) is -0.349. The van der Waals surface area contributed by atoms with Gasteiger partial charge in [0, 0.05) is 17.4 Å². The first-order chi connectivity index (χ1) is 19.8. The highest BCUT2D eigenvalue weighted by molar-refractivity contribution is 7.13. The molecule has 4 aromatic rings.